The second-order valence-corrected chi connectivity index (χ2v) is 6.19. The molecule has 2 nitrogen and oxygen atoms in total. The van der Waals surface area contributed by atoms with Crippen molar-refractivity contribution in [3.05, 3.63) is 83.4 Å². The molecule has 22 heavy (non-hydrogen) atoms. The molecule has 0 fully saturated rings. The number of Topliss-reactive ketones (excluding diaryl/α,β-unsaturated/α-hetero) is 1. The van der Waals surface area contributed by atoms with Gasteiger partial charge in [-0.15, -0.1) is 0 Å². The fraction of sp³-hybridized carbons (Fsp3) is 0. The van der Waals surface area contributed by atoms with E-state index in [-0.39, 0.29) is 5.78 Å². The maximum absolute atomic E-state index is 12.4. The van der Waals surface area contributed by atoms with Gasteiger partial charge in [-0.2, -0.15) is 0 Å². The van der Waals surface area contributed by atoms with Crippen molar-refractivity contribution in [3.63, 3.8) is 0 Å². The third kappa shape index (κ3) is 2.20. The summed E-state index contributed by atoms with van der Waals surface area (Å²) in [5, 5.41) is 5.62. The van der Waals surface area contributed by atoms with E-state index in [2.05, 4.69) is 23.5 Å². The highest BCUT2D eigenvalue weighted by molar-refractivity contribution is 8.04. The molecule has 1 N–H and O–H groups in total. The summed E-state index contributed by atoms with van der Waals surface area (Å²) in [4.78, 5) is 14.1. The van der Waals surface area contributed by atoms with Gasteiger partial charge in [-0.25, -0.2) is 0 Å². The molecule has 0 saturated carbocycles. The lowest BCUT2D eigenvalue weighted by Crippen LogP contribution is -1.97. The Hall–Kier alpha value is -2.52. The van der Waals surface area contributed by atoms with Gasteiger partial charge in [0.25, 0.3) is 0 Å². The van der Waals surface area contributed by atoms with Gasteiger partial charge in [-0.1, -0.05) is 60.3 Å². The lowest BCUT2D eigenvalue weighted by molar-refractivity contribution is 0.104. The van der Waals surface area contributed by atoms with E-state index in [1.165, 1.54) is 17.1 Å². The average molecular weight is 303 g/mol. The molecule has 106 valence electrons. The minimum atomic E-state index is 0.0911. The minimum absolute atomic E-state index is 0.0911. The number of benzene rings is 3. The van der Waals surface area contributed by atoms with Crippen LogP contribution in [0.25, 0.3) is 10.8 Å². The van der Waals surface area contributed by atoms with Gasteiger partial charge in [-0.3, -0.25) is 4.79 Å². The van der Waals surface area contributed by atoms with Crippen LogP contribution in [0.1, 0.15) is 10.4 Å². The van der Waals surface area contributed by atoms with E-state index in [1.807, 2.05) is 54.7 Å². The predicted molar refractivity (Wildman–Crippen MR) is 92.3 cm³/mol. The maximum atomic E-state index is 12.4. The van der Waals surface area contributed by atoms with E-state index in [9.17, 15) is 4.79 Å². The van der Waals surface area contributed by atoms with E-state index >= 15 is 0 Å². The normalized spacial score (nSPS) is 15.3. The molecule has 1 heterocycles. The first-order valence-electron chi connectivity index (χ1n) is 7.09. The Morgan fingerprint density at radius 2 is 1.64 bits per heavy atom. The highest BCUT2D eigenvalue weighted by Crippen LogP contribution is 2.39. The maximum Gasteiger partial charge on any atom is 0.202 e. The summed E-state index contributed by atoms with van der Waals surface area (Å²) in [6.07, 6.45) is 1.81. The smallest absolute Gasteiger partial charge is 0.202 e. The first-order valence-corrected chi connectivity index (χ1v) is 7.90. The monoisotopic (exact) mass is 303 g/mol. The molecule has 0 bridgehead atoms. The van der Waals surface area contributed by atoms with Gasteiger partial charge in [0.2, 0.25) is 5.78 Å². The molecule has 3 aromatic rings. The molecule has 0 radical (unpaired) electrons. The standard InChI is InChI=1S/C19H13NOS/c21-19-15-9-3-4-11-17(15)22-18(19)12-20-16-10-5-7-13-6-1-2-8-14(13)16/h1-12,20H/b18-12+. The summed E-state index contributed by atoms with van der Waals surface area (Å²) in [5.41, 5.74) is 1.80. The van der Waals surface area contributed by atoms with Crippen LogP contribution in [0.3, 0.4) is 0 Å². The van der Waals surface area contributed by atoms with E-state index in [0.717, 1.165) is 26.4 Å². The molecular weight excluding hydrogens is 290 g/mol. The van der Waals surface area contributed by atoms with Crippen LogP contribution in [-0.4, -0.2) is 5.78 Å². The van der Waals surface area contributed by atoms with Crippen molar-refractivity contribution in [1.82, 2.24) is 0 Å². The zero-order chi connectivity index (χ0) is 14.9. The molecule has 0 unspecified atom stereocenters. The number of allylic oxidation sites excluding steroid dienone is 1. The van der Waals surface area contributed by atoms with Crippen LogP contribution in [0.4, 0.5) is 5.69 Å². The number of nitrogens with one attached hydrogen (secondary N) is 1. The molecular formula is C19H13NOS. The summed E-state index contributed by atoms with van der Waals surface area (Å²) in [6.45, 7) is 0. The van der Waals surface area contributed by atoms with E-state index < -0.39 is 0 Å². The van der Waals surface area contributed by atoms with Crippen LogP contribution < -0.4 is 5.32 Å². The third-order valence-electron chi connectivity index (χ3n) is 3.72. The number of anilines is 1. The number of rotatable bonds is 2. The summed E-state index contributed by atoms with van der Waals surface area (Å²) in [7, 11) is 0. The van der Waals surface area contributed by atoms with Gasteiger partial charge in [0.15, 0.2) is 0 Å². The summed E-state index contributed by atoms with van der Waals surface area (Å²) < 4.78 is 0. The van der Waals surface area contributed by atoms with Crippen LogP contribution in [-0.2, 0) is 0 Å². The zero-order valence-electron chi connectivity index (χ0n) is 11.7. The molecule has 0 aromatic heterocycles. The fourth-order valence-corrected chi connectivity index (χ4v) is 3.61. The van der Waals surface area contributed by atoms with E-state index in [4.69, 9.17) is 0 Å². The largest absolute Gasteiger partial charge is 0.360 e. The summed E-state index contributed by atoms with van der Waals surface area (Å²) in [6, 6.07) is 22.0. The Balaban J connectivity index is 1.67. The third-order valence-corrected chi connectivity index (χ3v) is 4.82. The minimum Gasteiger partial charge on any atom is -0.360 e. The molecule has 0 spiro atoms. The van der Waals surface area contributed by atoms with Gasteiger partial charge in [0.1, 0.15) is 0 Å². The highest BCUT2D eigenvalue weighted by atomic mass is 32.2. The molecule has 1 aliphatic rings. The first kappa shape index (κ1) is 13.2. The topological polar surface area (TPSA) is 29.1 Å². The quantitative estimate of drug-likeness (QED) is 0.669. The number of hydrogen-bond donors (Lipinski definition) is 1. The Morgan fingerprint density at radius 1 is 0.864 bits per heavy atom. The zero-order valence-corrected chi connectivity index (χ0v) is 12.6. The lowest BCUT2D eigenvalue weighted by atomic mass is 10.1. The van der Waals surface area contributed by atoms with Gasteiger partial charge in [0, 0.05) is 27.7 Å². The van der Waals surface area contributed by atoms with Crippen LogP contribution in [0.15, 0.2) is 82.7 Å². The van der Waals surface area contributed by atoms with Gasteiger partial charge < -0.3 is 5.32 Å². The van der Waals surface area contributed by atoms with Gasteiger partial charge in [-0.05, 0) is 23.6 Å². The Kier molecular flexibility index (Phi) is 3.20. The van der Waals surface area contributed by atoms with Crippen molar-refractivity contribution in [2.24, 2.45) is 0 Å². The Bertz CT molecular complexity index is 909. The van der Waals surface area contributed by atoms with Crippen molar-refractivity contribution in [3.8, 4) is 0 Å². The summed E-state index contributed by atoms with van der Waals surface area (Å²) in [5.74, 6) is 0.0911. The lowest BCUT2D eigenvalue weighted by Gasteiger charge is -2.06. The van der Waals surface area contributed by atoms with Crippen molar-refractivity contribution >= 4 is 34.0 Å². The Morgan fingerprint density at radius 3 is 2.55 bits per heavy atom. The van der Waals surface area contributed by atoms with E-state index in [0.29, 0.717) is 0 Å². The molecule has 0 atom stereocenters. The highest BCUT2D eigenvalue weighted by Gasteiger charge is 2.25. The molecule has 0 saturated heterocycles. The fourth-order valence-electron chi connectivity index (χ4n) is 2.63. The van der Waals surface area contributed by atoms with Crippen molar-refractivity contribution in [1.29, 1.82) is 0 Å². The van der Waals surface area contributed by atoms with E-state index in [1.54, 1.807) is 0 Å². The number of hydrogen-bond acceptors (Lipinski definition) is 3. The van der Waals surface area contributed by atoms with Crippen LogP contribution in [0.2, 0.25) is 0 Å². The molecule has 1 aliphatic heterocycles. The second kappa shape index (κ2) is 5.35. The SMILES string of the molecule is O=C1/C(=C\Nc2cccc3ccccc23)Sc2ccccc21. The van der Waals surface area contributed by atoms with Crippen molar-refractivity contribution < 1.29 is 4.79 Å². The van der Waals surface area contributed by atoms with Crippen LogP contribution in [0.5, 0.6) is 0 Å². The van der Waals surface area contributed by atoms with Gasteiger partial charge in [0.05, 0.1) is 4.91 Å². The number of fused-ring (bicyclic) bond motifs is 2. The molecule has 0 aliphatic carbocycles. The van der Waals surface area contributed by atoms with Crippen molar-refractivity contribution in [2.45, 2.75) is 4.90 Å². The van der Waals surface area contributed by atoms with Gasteiger partial charge >= 0.3 is 0 Å². The Labute approximate surface area is 132 Å². The molecule has 0 amide bonds. The number of carbonyl (C=O) groups is 1. The van der Waals surface area contributed by atoms with Crippen LogP contribution in [0, 0.1) is 0 Å². The predicted octanol–water partition coefficient (Wildman–Crippen LogP) is 5.08. The second-order valence-electron chi connectivity index (χ2n) is 5.11. The number of ketones is 1. The average Bonchev–Trinajstić information content (AvgIpc) is 2.89. The first-order chi connectivity index (χ1) is 10.8. The van der Waals surface area contributed by atoms with Crippen molar-refractivity contribution in [2.75, 3.05) is 5.32 Å². The number of carbonyl (C=O) groups excluding carboxylic acids is 1. The molecule has 4 rings (SSSR count). The molecule has 3 heteroatoms. The van der Waals surface area contributed by atoms with Crippen LogP contribution >= 0.6 is 11.8 Å². The molecule has 3 aromatic carbocycles. The number of thioether (sulfide) groups is 1. The summed E-state index contributed by atoms with van der Waals surface area (Å²) >= 11 is 1.52.